The minimum absolute atomic E-state index is 0.0961. The molecular weight excluding hydrogens is 574 g/mol. The van der Waals surface area contributed by atoms with Gasteiger partial charge in [-0.2, -0.15) is 0 Å². The molecule has 8 nitrogen and oxygen atoms in total. The lowest BCUT2D eigenvalue weighted by Gasteiger charge is -2.39. The molecule has 3 aromatic rings. The highest BCUT2D eigenvalue weighted by molar-refractivity contribution is 9.10. The molecule has 0 saturated carbocycles. The molecule has 2 aromatic carbocycles. The monoisotopic (exact) mass is 611 g/mol. The quantitative estimate of drug-likeness (QED) is 0.314. The summed E-state index contributed by atoms with van der Waals surface area (Å²) in [5.41, 5.74) is 2.61. The van der Waals surface area contributed by atoms with Crippen LogP contribution >= 0.6 is 15.9 Å². The molecule has 0 radical (unpaired) electrons. The fourth-order valence-corrected chi connectivity index (χ4v) is 5.77. The predicted octanol–water partition coefficient (Wildman–Crippen LogP) is 6.22. The molecule has 3 heterocycles. The second kappa shape index (κ2) is 12.2. The first-order valence-electron chi connectivity index (χ1n) is 13.9. The van der Waals surface area contributed by atoms with Gasteiger partial charge >= 0.3 is 6.09 Å². The standard InChI is InChI=1S/C31H38BrN3O5/c1-31(2,3)40-30(36)35(20-21-5-9-26-27(19-21)39-18-17-38-26)23-12-15-34(16-13-23)14-11-22-6-8-25(32)24-7-10-28(37-4)33-29(22)24/h5-10,19,23H,11-18,20H2,1-4H3. The van der Waals surface area contributed by atoms with Crippen LogP contribution in [0.25, 0.3) is 10.9 Å². The van der Waals surface area contributed by atoms with Gasteiger partial charge in [0.25, 0.3) is 0 Å². The topological polar surface area (TPSA) is 73.4 Å². The SMILES string of the molecule is COc1ccc2c(Br)ccc(CCN3CCC(N(Cc4ccc5c(c4)OCCO5)C(=O)OC(C)(C)C)CC3)c2n1. The molecule has 1 amide bonds. The molecule has 2 aliphatic rings. The smallest absolute Gasteiger partial charge is 0.410 e. The van der Waals surface area contributed by atoms with Crippen molar-refractivity contribution < 1.29 is 23.7 Å². The highest BCUT2D eigenvalue weighted by Crippen LogP contribution is 2.32. The number of benzene rings is 2. The molecule has 0 atom stereocenters. The fourth-order valence-electron chi connectivity index (χ4n) is 5.32. The number of piperidine rings is 1. The number of aromatic nitrogens is 1. The number of likely N-dealkylation sites (tertiary alicyclic amines) is 1. The highest BCUT2D eigenvalue weighted by atomic mass is 79.9. The molecule has 0 bridgehead atoms. The zero-order valence-corrected chi connectivity index (χ0v) is 25.3. The van der Waals surface area contributed by atoms with Gasteiger partial charge in [0.05, 0.1) is 12.6 Å². The maximum atomic E-state index is 13.4. The van der Waals surface area contributed by atoms with Gasteiger partial charge < -0.3 is 28.7 Å². The average Bonchev–Trinajstić information content (AvgIpc) is 2.94. The molecule has 0 spiro atoms. The minimum atomic E-state index is -0.562. The van der Waals surface area contributed by atoms with E-state index in [1.165, 1.54) is 5.56 Å². The molecule has 0 unspecified atom stereocenters. The summed E-state index contributed by atoms with van der Waals surface area (Å²) in [5, 5.41) is 1.09. The van der Waals surface area contributed by atoms with Crippen LogP contribution in [0, 0.1) is 0 Å². The first-order chi connectivity index (χ1) is 19.2. The van der Waals surface area contributed by atoms with E-state index in [-0.39, 0.29) is 12.1 Å². The number of fused-ring (bicyclic) bond motifs is 2. The zero-order chi connectivity index (χ0) is 28.3. The van der Waals surface area contributed by atoms with Crippen molar-refractivity contribution in [2.24, 2.45) is 0 Å². The van der Waals surface area contributed by atoms with Crippen LogP contribution in [0.3, 0.4) is 0 Å². The molecule has 2 aliphatic heterocycles. The van der Waals surface area contributed by atoms with Crippen molar-refractivity contribution in [3.8, 4) is 17.4 Å². The van der Waals surface area contributed by atoms with E-state index in [0.29, 0.717) is 25.6 Å². The Balaban J connectivity index is 1.25. The van der Waals surface area contributed by atoms with Crippen LogP contribution in [0.2, 0.25) is 0 Å². The van der Waals surface area contributed by atoms with Crippen LogP contribution in [0.5, 0.6) is 17.4 Å². The number of methoxy groups -OCH3 is 1. The van der Waals surface area contributed by atoms with E-state index in [1.54, 1.807) is 7.11 Å². The van der Waals surface area contributed by atoms with Crippen LogP contribution in [-0.4, -0.2) is 72.5 Å². The lowest BCUT2D eigenvalue weighted by atomic mass is 10.0. The van der Waals surface area contributed by atoms with Gasteiger partial charge in [-0.3, -0.25) is 0 Å². The van der Waals surface area contributed by atoms with Crippen molar-refractivity contribution in [3.05, 3.63) is 58.1 Å². The van der Waals surface area contributed by atoms with Crippen LogP contribution in [-0.2, 0) is 17.7 Å². The second-order valence-corrected chi connectivity index (χ2v) is 12.2. The van der Waals surface area contributed by atoms with Crippen LogP contribution in [0.4, 0.5) is 4.79 Å². The lowest BCUT2D eigenvalue weighted by molar-refractivity contribution is 0.00582. The summed E-state index contributed by atoms with van der Waals surface area (Å²) in [5.74, 6) is 2.10. The Bertz CT molecular complexity index is 1350. The number of nitrogens with zero attached hydrogens (tertiary/aromatic N) is 3. The van der Waals surface area contributed by atoms with Gasteiger partial charge in [0.15, 0.2) is 11.5 Å². The van der Waals surface area contributed by atoms with Gasteiger partial charge in [-0.15, -0.1) is 0 Å². The Kier molecular flexibility index (Phi) is 8.71. The van der Waals surface area contributed by atoms with Crippen molar-refractivity contribution in [1.82, 2.24) is 14.8 Å². The third-order valence-corrected chi connectivity index (χ3v) is 8.05. The minimum Gasteiger partial charge on any atom is -0.486 e. The maximum Gasteiger partial charge on any atom is 0.410 e. The number of carbonyl (C=O) groups excluding carboxylic acids is 1. The summed E-state index contributed by atoms with van der Waals surface area (Å²) in [6.45, 7) is 10.0. The van der Waals surface area contributed by atoms with Crippen molar-refractivity contribution >= 4 is 32.9 Å². The Hall–Kier alpha value is -3.04. The highest BCUT2D eigenvalue weighted by Gasteiger charge is 2.31. The summed E-state index contributed by atoms with van der Waals surface area (Å²) in [4.78, 5) is 22.5. The predicted molar refractivity (Wildman–Crippen MR) is 158 cm³/mol. The third-order valence-electron chi connectivity index (χ3n) is 7.35. The van der Waals surface area contributed by atoms with E-state index in [9.17, 15) is 4.79 Å². The molecule has 1 saturated heterocycles. The average molecular weight is 613 g/mol. The third kappa shape index (κ3) is 6.81. The number of pyridine rings is 1. The lowest BCUT2D eigenvalue weighted by Crippen LogP contribution is -2.48. The second-order valence-electron chi connectivity index (χ2n) is 11.4. The van der Waals surface area contributed by atoms with Crippen LogP contribution in [0.1, 0.15) is 44.7 Å². The van der Waals surface area contributed by atoms with E-state index in [2.05, 4.69) is 33.0 Å². The number of halogens is 1. The maximum absolute atomic E-state index is 13.4. The zero-order valence-electron chi connectivity index (χ0n) is 23.7. The van der Waals surface area contributed by atoms with Gasteiger partial charge in [-0.05, 0) is 75.4 Å². The van der Waals surface area contributed by atoms with Crippen molar-refractivity contribution in [1.29, 1.82) is 0 Å². The number of amides is 1. The summed E-state index contributed by atoms with van der Waals surface area (Å²) >= 11 is 3.65. The Morgan fingerprint density at radius 1 is 1.07 bits per heavy atom. The molecule has 5 rings (SSSR count). The van der Waals surface area contributed by atoms with Crippen LogP contribution < -0.4 is 14.2 Å². The largest absolute Gasteiger partial charge is 0.486 e. The van der Waals surface area contributed by atoms with E-state index in [1.807, 2.05) is 56.0 Å². The molecule has 1 aromatic heterocycles. The molecule has 214 valence electrons. The van der Waals surface area contributed by atoms with Crippen molar-refractivity contribution in [2.75, 3.05) is 40.0 Å². The molecule has 0 aliphatic carbocycles. The normalized spacial score (nSPS) is 16.1. The summed E-state index contributed by atoms with van der Waals surface area (Å²) < 4.78 is 23.7. The summed E-state index contributed by atoms with van der Waals surface area (Å²) in [6.07, 6.45) is 2.39. The Labute approximate surface area is 244 Å². The molecule has 40 heavy (non-hydrogen) atoms. The molecular formula is C31H38BrN3O5. The molecule has 9 heteroatoms. The van der Waals surface area contributed by atoms with Gasteiger partial charge in [0, 0.05) is 48.1 Å². The van der Waals surface area contributed by atoms with Gasteiger partial charge in [-0.25, -0.2) is 9.78 Å². The number of hydrogen-bond acceptors (Lipinski definition) is 7. The number of rotatable bonds is 7. The van der Waals surface area contributed by atoms with Crippen LogP contribution in [0.15, 0.2) is 46.9 Å². The van der Waals surface area contributed by atoms with Crippen molar-refractivity contribution in [2.45, 2.75) is 58.2 Å². The molecule has 1 fully saturated rings. The van der Waals surface area contributed by atoms with E-state index >= 15 is 0 Å². The van der Waals surface area contributed by atoms with Crippen molar-refractivity contribution in [3.63, 3.8) is 0 Å². The fraction of sp³-hybridized carbons (Fsp3) is 0.484. The van der Waals surface area contributed by atoms with E-state index in [0.717, 1.165) is 71.3 Å². The number of carbonyl (C=O) groups is 1. The molecule has 0 N–H and O–H groups in total. The van der Waals surface area contributed by atoms with Gasteiger partial charge in [0.1, 0.15) is 18.8 Å². The van der Waals surface area contributed by atoms with E-state index < -0.39 is 5.60 Å². The summed E-state index contributed by atoms with van der Waals surface area (Å²) in [7, 11) is 1.64. The summed E-state index contributed by atoms with van der Waals surface area (Å²) in [6, 6.07) is 14.2. The number of ether oxygens (including phenoxy) is 4. The Morgan fingerprint density at radius 3 is 2.55 bits per heavy atom. The Morgan fingerprint density at radius 2 is 1.82 bits per heavy atom. The van der Waals surface area contributed by atoms with E-state index in [4.69, 9.17) is 23.9 Å². The van der Waals surface area contributed by atoms with Gasteiger partial charge in [0.2, 0.25) is 5.88 Å². The number of hydrogen-bond donors (Lipinski definition) is 0. The van der Waals surface area contributed by atoms with Gasteiger partial charge in [-0.1, -0.05) is 28.1 Å². The first-order valence-corrected chi connectivity index (χ1v) is 14.7. The first kappa shape index (κ1) is 28.5.